The zero-order valence-corrected chi connectivity index (χ0v) is 14.2. The summed E-state index contributed by atoms with van der Waals surface area (Å²) in [7, 11) is 2.29. The van der Waals surface area contributed by atoms with Gasteiger partial charge in [-0.05, 0) is 62.9 Å². The monoisotopic (exact) mass is 294 g/mol. The lowest BCUT2D eigenvalue weighted by Crippen LogP contribution is -2.61. The van der Waals surface area contributed by atoms with Crippen LogP contribution in [0.1, 0.15) is 44.9 Å². The average Bonchev–Trinajstić information content (AvgIpc) is 2.91. The topological polar surface area (TPSA) is 29.3 Å². The number of nitrogens with two attached hydrogens (primary N) is 1. The number of hydrogen-bond acceptors (Lipinski definition) is 3. The molecule has 4 unspecified atom stereocenters. The van der Waals surface area contributed by atoms with Gasteiger partial charge < -0.3 is 5.73 Å². The predicted molar refractivity (Wildman–Crippen MR) is 89.2 cm³/mol. The van der Waals surface area contributed by atoms with Gasteiger partial charge in [-0.25, -0.2) is 0 Å². The minimum atomic E-state index is 0.198. The Hall–Kier alpha value is -0.380. The molecule has 1 saturated carbocycles. The fourth-order valence-electron chi connectivity index (χ4n) is 3.95. The number of likely N-dealkylation sites (N-methyl/N-ethyl adjacent to an activating group) is 1. The van der Waals surface area contributed by atoms with E-state index in [-0.39, 0.29) is 5.54 Å². The van der Waals surface area contributed by atoms with Gasteiger partial charge in [-0.3, -0.25) is 4.90 Å². The van der Waals surface area contributed by atoms with Crippen molar-refractivity contribution in [3.63, 3.8) is 0 Å². The molecule has 0 amide bonds. The van der Waals surface area contributed by atoms with Gasteiger partial charge in [0.05, 0.1) is 0 Å². The molecule has 1 aliphatic rings. The van der Waals surface area contributed by atoms with Crippen molar-refractivity contribution in [1.29, 1.82) is 0 Å². The van der Waals surface area contributed by atoms with Crippen molar-refractivity contribution in [1.82, 2.24) is 4.90 Å². The molecule has 0 aromatic carbocycles. The van der Waals surface area contributed by atoms with Gasteiger partial charge in [0.15, 0.2) is 0 Å². The summed E-state index contributed by atoms with van der Waals surface area (Å²) in [5.41, 5.74) is 6.44. The molecule has 2 N–H and O–H groups in total. The van der Waals surface area contributed by atoms with Gasteiger partial charge in [0, 0.05) is 23.0 Å². The maximum absolute atomic E-state index is 6.25. The minimum absolute atomic E-state index is 0.198. The SMILES string of the molecule is CC1CCC(CN)(N(C)C(C)Cc2cccs2)C(C)C1. The van der Waals surface area contributed by atoms with Gasteiger partial charge in [-0.15, -0.1) is 11.3 Å². The van der Waals surface area contributed by atoms with Gasteiger partial charge in [-0.2, -0.15) is 0 Å². The molecule has 20 heavy (non-hydrogen) atoms. The predicted octanol–water partition coefficient (Wildman–Crippen LogP) is 3.76. The largest absolute Gasteiger partial charge is 0.329 e. The second-order valence-corrected chi connectivity index (χ2v) is 7.86. The zero-order chi connectivity index (χ0) is 14.8. The highest BCUT2D eigenvalue weighted by Gasteiger charge is 2.43. The maximum Gasteiger partial charge on any atom is 0.0357 e. The fourth-order valence-corrected chi connectivity index (χ4v) is 4.78. The smallest absolute Gasteiger partial charge is 0.0357 e. The van der Waals surface area contributed by atoms with Gasteiger partial charge in [-0.1, -0.05) is 19.9 Å². The van der Waals surface area contributed by atoms with E-state index in [1.807, 2.05) is 11.3 Å². The first-order valence-electron chi connectivity index (χ1n) is 7.95. The maximum atomic E-state index is 6.25. The fraction of sp³-hybridized carbons (Fsp3) is 0.765. The molecule has 0 bridgehead atoms. The second-order valence-electron chi connectivity index (χ2n) is 6.83. The summed E-state index contributed by atoms with van der Waals surface area (Å²) in [4.78, 5) is 4.07. The van der Waals surface area contributed by atoms with Crippen LogP contribution in [0.5, 0.6) is 0 Å². The lowest BCUT2D eigenvalue weighted by atomic mass is 9.68. The first kappa shape index (κ1) is 16.0. The van der Waals surface area contributed by atoms with E-state index in [4.69, 9.17) is 5.73 Å². The van der Waals surface area contributed by atoms with Crippen molar-refractivity contribution < 1.29 is 0 Å². The molecule has 2 nitrogen and oxygen atoms in total. The molecule has 1 aliphatic carbocycles. The third-order valence-electron chi connectivity index (χ3n) is 5.54. The van der Waals surface area contributed by atoms with E-state index in [2.05, 4.69) is 50.2 Å². The quantitative estimate of drug-likeness (QED) is 0.896. The van der Waals surface area contributed by atoms with Gasteiger partial charge >= 0.3 is 0 Å². The number of hydrogen-bond donors (Lipinski definition) is 1. The average molecular weight is 295 g/mol. The molecule has 1 aromatic rings. The highest BCUT2D eigenvalue weighted by atomic mass is 32.1. The first-order chi connectivity index (χ1) is 9.49. The molecule has 0 radical (unpaired) electrons. The highest BCUT2D eigenvalue weighted by Crippen LogP contribution is 2.40. The van der Waals surface area contributed by atoms with E-state index < -0.39 is 0 Å². The summed E-state index contributed by atoms with van der Waals surface area (Å²) >= 11 is 1.87. The Labute approximate surface area is 128 Å². The first-order valence-corrected chi connectivity index (χ1v) is 8.83. The van der Waals surface area contributed by atoms with E-state index in [0.29, 0.717) is 12.0 Å². The van der Waals surface area contributed by atoms with E-state index >= 15 is 0 Å². The van der Waals surface area contributed by atoms with Crippen molar-refractivity contribution >= 4 is 11.3 Å². The van der Waals surface area contributed by atoms with Gasteiger partial charge in [0.2, 0.25) is 0 Å². The molecule has 4 atom stereocenters. The van der Waals surface area contributed by atoms with Gasteiger partial charge in [0.25, 0.3) is 0 Å². The van der Waals surface area contributed by atoms with Crippen molar-refractivity contribution in [2.45, 2.75) is 58.0 Å². The number of thiophene rings is 1. The van der Waals surface area contributed by atoms with Crippen molar-refractivity contribution in [2.75, 3.05) is 13.6 Å². The number of rotatable bonds is 5. The Morgan fingerprint density at radius 3 is 2.80 bits per heavy atom. The molecule has 1 heterocycles. The molecule has 114 valence electrons. The lowest BCUT2D eigenvalue weighted by Gasteiger charge is -2.52. The zero-order valence-electron chi connectivity index (χ0n) is 13.4. The van der Waals surface area contributed by atoms with E-state index in [0.717, 1.165) is 18.9 Å². The molecule has 0 saturated heterocycles. The van der Waals surface area contributed by atoms with Crippen LogP contribution in [-0.2, 0) is 6.42 Å². The summed E-state index contributed by atoms with van der Waals surface area (Å²) < 4.78 is 0. The van der Waals surface area contributed by atoms with Crippen LogP contribution >= 0.6 is 11.3 Å². The van der Waals surface area contributed by atoms with Crippen LogP contribution in [0.2, 0.25) is 0 Å². The van der Waals surface area contributed by atoms with Crippen molar-refractivity contribution in [3.8, 4) is 0 Å². The lowest BCUT2D eigenvalue weighted by molar-refractivity contribution is -0.00529. The van der Waals surface area contributed by atoms with Crippen LogP contribution < -0.4 is 5.73 Å². The molecule has 0 spiro atoms. The summed E-state index contributed by atoms with van der Waals surface area (Å²) in [6, 6.07) is 4.94. The van der Waals surface area contributed by atoms with Gasteiger partial charge in [0.1, 0.15) is 0 Å². The summed E-state index contributed by atoms with van der Waals surface area (Å²) in [6.45, 7) is 7.91. The Morgan fingerprint density at radius 2 is 2.25 bits per heavy atom. The normalized spacial score (nSPS) is 32.5. The number of nitrogens with zero attached hydrogens (tertiary/aromatic N) is 1. The highest BCUT2D eigenvalue weighted by molar-refractivity contribution is 7.09. The van der Waals surface area contributed by atoms with Crippen LogP contribution in [0.4, 0.5) is 0 Å². The van der Waals surface area contributed by atoms with Crippen LogP contribution in [0.15, 0.2) is 17.5 Å². The van der Waals surface area contributed by atoms with E-state index in [9.17, 15) is 0 Å². The Kier molecular flexibility index (Phi) is 5.27. The molecular weight excluding hydrogens is 264 g/mol. The molecule has 0 aliphatic heterocycles. The van der Waals surface area contributed by atoms with Crippen molar-refractivity contribution in [3.05, 3.63) is 22.4 Å². The van der Waals surface area contributed by atoms with Crippen LogP contribution in [0, 0.1) is 11.8 Å². The summed E-state index contributed by atoms with van der Waals surface area (Å²) in [5.74, 6) is 1.54. The van der Waals surface area contributed by atoms with Crippen molar-refractivity contribution in [2.24, 2.45) is 17.6 Å². The molecular formula is C17H30N2S. The van der Waals surface area contributed by atoms with Crippen LogP contribution in [-0.4, -0.2) is 30.1 Å². The third-order valence-corrected chi connectivity index (χ3v) is 6.44. The molecule has 2 rings (SSSR count). The third kappa shape index (κ3) is 3.10. The molecule has 1 fully saturated rings. The van der Waals surface area contributed by atoms with E-state index in [1.54, 1.807) is 0 Å². The van der Waals surface area contributed by atoms with E-state index in [1.165, 1.54) is 24.1 Å². The minimum Gasteiger partial charge on any atom is -0.329 e. The Bertz CT molecular complexity index is 403. The molecule has 3 heteroatoms. The Morgan fingerprint density at radius 1 is 1.50 bits per heavy atom. The standard InChI is InChI=1S/C17H30N2S/c1-13-7-8-17(12-18,14(2)10-13)19(4)15(3)11-16-6-5-9-20-16/h5-6,9,13-15H,7-8,10-12,18H2,1-4H3. The second kappa shape index (κ2) is 6.59. The Balaban J connectivity index is 2.09. The summed E-state index contributed by atoms with van der Waals surface area (Å²) in [6.07, 6.45) is 5.01. The summed E-state index contributed by atoms with van der Waals surface area (Å²) in [5, 5.41) is 2.17. The molecule has 1 aromatic heterocycles. The van der Waals surface area contributed by atoms with Crippen LogP contribution in [0.25, 0.3) is 0 Å². The van der Waals surface area contributed by atoms with Crippen LogP contribution in [0.3, 0.4) is 0 Å².